The minimum absolute atomic E-state index is 0.0378. The molecule has 3 rings (SSSR count). The molecule has 42 heavy (non-hydrogen) atoms. The molecule has 2 fully saturated rings. The molecule has 1 aliphatic carbocycles. The fourth-order valence-corrected chi connectivity index (χ4v) is 7.22. The van der Waals surface area contributed by atoms with Crippen molar-refractivity contribution in [3.05, 3.63) is 11.6 Å². The number of hydrogen-bond acceptors (Lipinski definition) is 5. The van der Waals surface area contributed by atoms with E-state index < -0.39 is 12.3 Å². The summed E-state index contributed by atoms with van der Waals surface area (Å²) in [4.78, 5) is 11.8. The summed E-state index contributed by atoms with van der Waals surface area (Å²) < 4.78 is 26.8. The van der Waals surface area contributed by atoms with E-state index in [9.17, 15) is 19.4 Å². The maximum Gasteiger partial charge on any atom is 0.159 e. The van der Waals surface area contributed by atoms with Crippen molar-refractivity contribution in [3.63, 3.8) is 0 Å². The second kappa shape index (κ2) is 20.3. The van der Waals surface area contributed by atoms with Crippen LogP contribution in [-0.4, -0.2) is 58.8 Å². The first-order valence-corrected chi connectivity index (χ1v) is 17.9. The van der Waals surface area contributed by atoms with E-state index in [4.69, 9.17) is 9.47 Å². The number of Topliss-reactive ketones (excluding diaryl/α,β-unsaturated/α-hetero) is 1. The second-order valence-corrected chi connectivity index (χ2v) is 13.8. The van der Waals surface area contributed by atoms with Gasteiger partial charge in [0.1, 0.15) is 6.17 Å². The molecule has 0 amide bonds. The maximum atomic E-state index is 14.3. The number of hydrogen-bond donors (Lipinski definition) is 2. The van der Waals surface area contributed by atoms with E-state index in [1.54, 1.807) is 0 Å². The van der Waals surface area contributed by atoms with Crippen LogP contribution < -0.4 is 0 Å². The van der Waals surface area contributed by atoms with Gasteiger partial charge in [-0.2, -0.15) is 0 Å². The Morgan fingerprint density at radius 1 is 0.738 bits per heavy atom. The molecule has 244 valence electrons. The highest BCUT2D eigenvalue weighted by atomic mass is 18.2. The first-order chi connectivity index (χ1) is 20.4. The zero-order chi connectivity index (χ0) is 30.2. The lowest BCUT2D eigenvalue weighted by molar-refractivity contribution is -0.115. The minimum Gasteiger partial charge on any atom is -0.390 e. The van der Waals surface area contributed by atoms with Crippen LogP contribution in [0.25, 0.3) is 0 Å². The van der Waals surface area contributed by atoms with Gasteiger partial charge < -0.3 is 19.7 Å². The number of alkyl halides is 1. The predicted molar refractivity (Wildman–Crippen MR) is 168 cm³/mol. The van der Waals surface area contributed by atoms with E-state index in [-0.39, 0.29) is 42.2 Å². The smallest absolute Gasteiger partial charge is 0.159 e. The van der Waals surface area contributed by atoms with Crippen LogP contribution in [0.5, 0.6) is 0 Å². The summed E-state index contributed by atoms with van der Waals surface area (Å²) in [5.41, 5.74) is 0.703. The summed E-state index contributed by atoms with van der Waals surface area (Å²) in [5.74, 6) is 0.397. The molecule has 3 aliphatic rings. The largest absolute Gasteiger partial charge is 0.390 e. The average molecular weight is 594 g/mol. The highest BCUT2D eigenvalue weighted by Crippen LogP contribution is 2.35. The van der Waals surface area contributed by atoms with Crippen LogP contribution in [0.2, 0.25) is 0 Å². The van der Waals surface area contributed by atoms with Crippen molar-refractivity contribution in [3.8, 4) is 0 Å². The Morgan fingerprint density at radius 3 is 1.64 bits per heavy atom. The Labute approximate surface area is 256 Å². The van der Waals surface area contributed by atoms with Crippen LogP contribution >= 0.6 is 0 Å². The Kier molecular flexibility index (Phi) is 17.2. The SMILES string of the molecule is CCCCCCCCCC[C@@H](O)[C@H]1CC[C@H]([C@H]2CC[C@H]([C@H](O)CCCCCCCC[C@@H]([18F])CC3=C[C@H](C)CC3=O)O2)O1. The van der Waals surface area contributed by atoms with Crippen molar-refractivity contribution >= 4 is 5.78 Å². The molecule has 5 nitrogen and oxygen atoms in total. The number of allylic oxidation sites excluding steroid dienone is 2. The molecule has 6 heteroatoms. The van der Waals surface area contributed by atoms with Crippen molar-refractivity contribution in [2.75, 3.05) is 0 Å². The second-order valence-electron chi connectivity index (χ2n) is 13.8. The lowest BCUT2D eigenvalue weighted by Gasteiger charge is -2.24. The number of unbranched alkanes of at least 4 members (excludes halogenated alkanes) is 12. The van der Waals surface area contributed by atoms with Gasteiger partial charge in [0.25, 0.3) is 0 Å². The van der Waals surface area contributed by atoms with Crippen LogP contribution in [0.1, 0.15) is 162 Å². The first-order valence-electron chi connectivity index (χ1n) is 17.9. The Bertz CT molecular complexity index is 772. The highest BCUT2D eigenvalue weighted by Gasteiger charge is 2.40. The molecule has 2 aliphatic heterocycles. The average Bonchev–Trinajstić information content (AvgIpc) is 3.72. The Morgan fingerprint density at radius 2 is 1.19 bits per heavy atom. The molecule has 8 atom stereocenters. The number of ketones is 1. The summed E-state index contributed by atoms with van der Waals surface area (Å²) >= 11 is 0. The molecule has 0 saturated carbocycles. The van der Waals surface area contributed by atoms with E-state index in [0.717, 1.165) is 83.5 Å². The third-order valence-electron chi connectivity index (χ3n) is 9.86. The Balaban J connectivity index is 1.16. The third-order valence-corrected chi connectivity index (χ3v) is 9.86. The summed E-state index contributed by atoms with van der Waals surface area (Å²) in [6.45, 7) is 4.26. The van der Waals surface area contributed by atoms with E-state index in [1.165, 1.54) is 44.9 Å². The van der Waals surface area contributed by atoms with E-state index >= 15 is 0 Å². The molecule has 0 unspecified atom stereocenters. The fraction of sp³-hybridized carbons (Fsp3) is 0.917. The molecule has 0 bridgehead atoms. The topological polar surface area (TPSA) is 76.0 Å². The zero-order valence-corrected chi connectivity index (χ0v) is 27.0. The lowest BCUT2D eigenvalue weighted by Crippen LogP contribution is -2.33. The van der Waals surface area contributed by atoms with Crippen molar-refractivity contribution in [1.82, 2.24) is 0 Å². The molecule has 0 radical (unpaired) electrons. The number of rotatable bonds is 23. The lowest BCUT2D eigenvalue weighted by atomic mass is 10.00. The van der Waals surface area contributed by atoms with Crippen molar-refractivity contribution < 1.29 is 28.9 Å². The molecule has 2 saturated heterocycles. The van der Waals surface area contributed by atoms with Gasteiger partial charge in [0, 0.05) is 12.8 Å². The number of ether oxygens (including phenoxy) is 2. The van der Waals surface area contributed by atoms with Gasteiger partial charge in [-0.15, -0.1) is 0 Å². The summed E-state index contributed by atoms with van der Waals surface area (Å²) in [7, 11) is 0. The monoisotopic (exact) mass is 593 g/mol. The van der Waals surface area contributed by atoms with Gasteiger partial charge in [0.05, 0.1) is 36.6 Å². The summed E-state index contributed by atoms with van der Waals surface area (Å²) in [6.07, 6.45) is 23.1. The van der Waals surface area contributed by atoms with Crippen LogP contribution in [0.4, 0.5) is 4.39 Å². The van der Waals surface area contributed by atoms with Crippen molar-refractivity contribution in [1.29, 1.82) is 0 Å². The summed E-state index contributed by atoms with van der Waals surface area (Å²) in [5, 5.41) is 21.4. The molecule has 0 spiro atoms. The number of aliphatic hydroxyl groups is 2. The third kappa shape index (κ3) is 13.0. The van der Waals surface area contributed by atoms with Gasteiger partial charge in [0.2, 0.25) is 0 Å². The van der Waals surface area contributed by atoms with Gasteiger partial charge in [0.15, 0.2) is 5.78 Å². The quantitative estimate of drug-likeness (QED) is 0.116. The number of carbonyl (C=O) groups is 1. The molecule has 0 aromatic carbocycles. The number of aliphatic hydroxyl groups excluding tert-OH is 2. The van der Waals surface area contributed by atoms with Crippen LogP contribution in [0, 0.1) is 5.92 Å². The van der Waals surface area contributed by atoms with Gasteiger partial charge in [-0.3, -0.25) is 4.79 Å². The minimum atomic E-state index is -0.902. The van der Waals surface area contributed by atoms with Gasteiger partial charge >= 0.3 is 0 Å². The van der Waals surface area contributed by atoms with Crippen molar-refractivity contribution in [2.45, 2.75) is 204 Å². The van der Waals surface area contributed by atoms with E-state index in [0.29, 0.717) is 24.8 Å². The predicted octanol–water partition coefficient (Wildman–Crippen LogP) is 8.72. The highest BCUT2D eigenvalue weighted by molar-refractivity contribution is 5.97. The molecule has 2 heterocycles. The number of carbonyl (C=O) groups excluding carboxylic acids is 1. The zero-order valence-electron chi connectivity index (χ0n) is 27.0. The van der Waals surface area contributed by atoms with E-state index in [1.807, 2.05) is 13.0 Å². The van der Waals surface area contributed by atoms with Crippen LogP contribution in [0.15, 0.2) is 11.6 Å². The molecular formula is C36H63FO5. The van der Waals surface area contributed by atoms with E-state index in [2.05, 4.69) is 6.92 Å². The normalized spacial score (nSPS) is 28.4. The standard InChI is InChI=1S/C36H63FO5/c1-3-4-5-6-7-8-12-15-18-30(38)33-20-22-35(41-33)36-23-21-34(42-36)31(39)19-16-13-10-9-11-14-17-29(37)26-28-24-27(2)25-32(28)40/h24,27,29-31,33-36,38-39H,3-23,25-26H2,1-2H3/t27-,29+,30+,31+,33+,34+,35+,36+/m0/s1/i37-1. The Hall–Kier alpha value is -0.820. The molecule has 0 aromatic heterocycles. The molecular weight excluding hydrogens is 530 g/mol. The maximum absolute atomic E-state index is 14.3. The molecule has 0 aromatic rings. The van der Waals surface area contributed by atoms with Crippen LogP contribution in [-0.2, 0) is 14.3 Å². The van der Waals surface area contributed by atoms with Crippen molar-refractivity contribution in [2.24, 2.45) is 5.92 Å². The van der Waals surface area contributed by atoms with Crippen LogP contribution in [0.3, 0.4) is 0 Å². The van der Waals surface area contributed by atoms with Gasteiger partial charge in [-0.25, -0.2) is 4.39 Å². The number of halogens is 1. The fourth-order valence-electron chi connectivity index (χ4n) is 7.22. The summed E-state index contributed by atoms with van der Waals surface area (Å²) in [6, 6.07) is 0. The van der Waals surface area contributed by atoms with Gasteiger partial charge in [-0.1, -0.05) is 110 Å². The van der Waals surface area contributed by atoms with Gasteiger partial charge in [-0.05, 0) is 56.4 Å². The first kappa shape index (κ1) is 35.7. The molecule has 2 N–H and O–H groups in total.